The van der Waals surface area contributed by atoms with Gasteiger partial charge in [-0.1, -0.05) is 28.1 Å². The number of rotatable bonds is 0. The number of fused-ring (bicyclic) bond motifs is 1. The quantitative estimate of drug-likeness (QED) is 0.657. The van der Waals surface area contributed by atoms with Crippen molar-refractivity contribution < 1.29 is 4.74 Å². The van der Waals surface area contributed by atoms with Crippen LogP contribution in [0.3, 0.4) is 0 Å². The Morgan fingerprint density at radius 2 is 2.08 bits per heavy atom. The molecule has 0 aliphatic carbocycles. The van der Waals surface area contributed by atoms with Gasteiger partial charge in [0.1, 0.15) is 11.4 Å². The van der Waals surface area contributed by atoms with Gasteiger partial charge >= 0.3 is 0 Å². The second-order valence-electron chi connectivity index (χ2n) is 3.73. The average Bonchev–Trinajstić information content (AvgIpc) is 2.28. The molecule has 1 aromatic carbocycles. The molecule has 70 valence electrons. The molecule has 1 aliphatic heterocycles. The van der Waals surface area contributed by atoms with Crippen LogP contribution in [0.1, 0.15) is 24.2 Å². The molecule has 1 heterocycles. The highest BCUT2D eigenvalue weighted by molar-refractivity contribution is 9.10. The number of benzene rings is 1. The van der Waals surface area contributed by atoms with Crippen LogP contribution < -0.4 is 4.74 Å². The lowest BCUT2D eigenvalue weighted by Gasteiger charge is -2.21. The molecule has 3 heteroatoms. The van der Waals surface area contributed by atoms with Crippen LogP contribution in [-0.4, -0.2) is 5.60 Å². The second-order valence-corrected chi connectivity index (χ2v) is 5.50. The fourth-order valence-corrected chi connectivity index (χ4v) is 2.44. The molecule has 1 atom stereocenters. The molecule has 0 saturated carbocycles. The normalized spacial score (nSPS) is 23.8. The highest BCUT2D eigenvalue weighted by atomic mass is 79.9. The van der Waals surface area contributed by atoms with Crippen LogP contribution in [0.15, 0.2) is 22.7 Å². The molecule has 0 amide bonds. The molecule has 1 unspecified atom stereocenters. The van der Waals surface area contributed by atoms with E-state index in [1.165, 1.54) is 5.56 Å². The maximum absolute atomic E-state index is 5.84. The van der Waals surface area contributed by atoms with Gasteiger partial charge in [-0.3, -0.25) is 0 Å². The van der Waals surface area contributed by atoms with E-state index < -0.39 is 0 Å². The van der Waals surface area contributed by atoms with Crippen molar-refractivity contribution in [2.75, 3.05) is 0 Å². The molecule has 0 saturated heterocycles. The molecule has 1 nitrogen and oxygen atoms in total. The Balaban J connectivity index is 2.56. The molecule has 0 N–H and O–H groups in total. The maximum atomic E-state index is 5.84. The van der Waals surface area contributed by atoms with Crippen molar-refractivity contribution in [2.24, 2.45) is 0 Å². The van der Waals surface area contributed by atoms with Gasteiger partial charge in [0.05, 0.1) is 9.30 Å². The first kappa shape index (κ1) is 9.53. The van der Waals surface area contributed by atoms with Gasteiger partial charge in [0.15, 0.2) is 0 Å². The Bertz CT molecular complexity index is 347. The minimum atomic E-state index is -0.161. The van der Waals surface area contributed by atoms with Crippen LogP contribution in [0.2, 0.25) is 0 Å². The smallest absolute Gasteiger partial charge is 0.138 e. The zero-order valence-corrected chi connectivity index (χ0v) is 10.6. The lowest BCUT2D eigenvalue weighted by Crippen LogP contribution is -2.26. The van der Waals surface area contributed by atoms with Crippen LogP contribution >= 0.6 is 31.9 Å². The Kier molecular flexibility index (Phi) is 2.19. The Labute approximate surface area is 94.7 Å². The molecule has 13 heavy (non-hydrogen) atoms. The molecule has 0 radical (unpaired) electrons. The minimum absolute atomic E-state index is 0.161. The summed E-state index contributed by atoms with van der Waals surface area (Å²) in [4.78, 5) is 0.271. The fraction of sp³-hybridized carbons (Fsp3) is 0.400. The van der Waals surface area contributed by atoms with E-state index in [0.717, 1.165) is 10.2 Å². The van der Waals surface area contributed by atoms with E-state index in [1.807, 2.05) is 12.1 Å². The largest absolute Gasteiger partial charge is 0.485 e. The standard InChI is InChI=1S/C10H10Br2O/c1-10(2)9(12)6-4-3-5-7(11)8(6)13-10/h3-5,9H,1-2H3. The third-order valence-electron chi connectivity index (χ3n) is 2.25. The molecule has 0 fully saturated rings. The fourth-order valence-electron chi connectivity index (χ4n) is 1.52. The predicted molar refractivity (Wildman–Crippen MR) is 60.5 cm³/mol. The molecule has 1 aliphatic rings. The summed E-state index contributed by atoms with van der Waals surface area (Å²) in [6, 6.07) is 6.12. The third-order valence-corrected chi connectivity index (χ3v) is 4.47. The second kappa shape index (κ2) is 2.99. The number of halogens is 2. The van der Waals surface area contributed by atoms with Gasteiger partial charge < -0.3 is 4.74 Å². The topological polar surface area (TPSA) is 9.23 Å². The third kappa shape index (κ3) is 1.42. The van der Waals surface area contributed by atoms with E-state index in [2.05, 4.69) is 51.8 Å². The van der Waals surface area contributed by atoms with E-state index in [9.17, 15) is 0 Å². The number of para-hydroxylation sites is 1. The van der Waals surface area contributed by atoms with Crippen molar-refractivity contribution in [1.29, 1.82) is 0 Å². The van der Waals surface area contributed by atoms with E-state index >= 15 is 0 Å². The number of ether oxygens (including phenoxy) is 1. The van der Waals surface area contributed by atoms with Crippen molar-refractivity contribution in [3.05, 3.63) is 28.2 Å². The summed E-state index contributed by atoms with van der Waals surface area (Å²) in [5.41, 5.74) is 1.06. The highest BCUT2D eigenvalue weighted by Crippen LogP contribution is 2.50. The van der Waals surface area contributed by atoms with E-state index in [0.29, 0.717) is 0 Å². The van der Waals surface area contributed by atoms with E-state index in [-0.39, 0.29) is 10.4 Å². The summed E-state index contributed by atoms with van der Waals surface area (Å²) in [7, 11) is 0. The van der Waals surface area contributed by atoms with Crippen molar-refractivity contribution in [2.45, 2.75) is 24.3 Å². The summed E-state index contributed by atoms with van der Waals surface area (Å²) in [5.74, 6) is 0.967. The van der Waals surface area contributed by atoms with Gasteiger partial charge in [0.2, 0.25) is 0 Å². The summed E-state index contributed by atoms with van der Waals surface area (Å²) < 4.78 is 6.87. The summed E-state index contributed by atoms with van der Waals surface area (Å²) in [6.45, 7) is 4.16. The zero-order valence-electron chi connectivity index (χ0n) is 7.47. The van der Waals surface area contributed by atoms with Crippen LogP contribution in [0, 0.1) is 0 Å². The lowest BCUT2D eigenvalue weighted by molar-refractivity contribution is 0.136. The lowest BCUT2D eigenvalue weighted by atomic mass is 10.0. The number of alkyl halides is 1. The van der Waals surface area contributed by atoms with Crippen LogP contribution in [0.5, 0.6) is 5.75 Å². The molecule has 0 aromatic heterocycles. The van der Waals surface area contributed by atoms with Crippen molar-refractivity contribution in [1.82, 2.24) is 0 Å². The molecule has 0 spiro atoms. The van der Waals surface area contributed by atoms with Gasteiger partial charge in [-0.05, 0) is 35.8 Å². The summed E-state index contributed by atoms with van der Waals surface area (Å²) in [5, 5.41) is 0. The van der Waals surface area contributed by atoms with Gasteiger partial charge in [0, 0.05) is 5.56 Å². The van der Waals surface area contributed by atoms with Gasteiger partial charge in [-0.25, -0.2) is 0 Å². The molecule has 1 aromatic rings. The minimum Gasteiger partial charge on any atom is -0.485 e. The first-order chi connectivity index (χ1) is 6.02. The van der Waals surface area contributed by atoms with Crippen molar-refractivity contribution in [3.8, 4) is 5.75 Å². The monoisotopic (exact) mass is 304 g/mol. The van der Waals surface area contributed by atoms with Crippen LogP contribution in [0.4, 0.5) is 0 Å². The number of hydrogen-bond donors (Lipinski definition) is 0. The first-order valence-corrected chi connectivity index (χ1v) is 5.85. The Morgan fingerprint density at radius 3 is 2.69 bits per heavy atom. The van der Waals surface area contributed by atoms with Gasteiger partial charge in [-0.2, -0.15) is 0 Å². The highest BCUT2D eigenvalue weighted by Gasteiger charge is 2.40. The molecule has 2 rings (SSSR count). The summed E-state index contributed by atoms with van der Waals surface area (Å²) in [6.07, 6.45) is 0. The SMILES string of the molecule is CC1(C)Oc2c(Br)cccc2C1Br. The van der Waals surface area contributed by atoms with Crippen molar-refractivity contribution in [3.63, 3.8) is 0 Å². The molecule has 0 bridgehead atoms. The zero-order chi connectivity index (χ0) is 9.64. The number of hydrogen-bond acceptors (Lipinski definition) is 1. The Morgan fingerprint density at radius 1 is 1.38 bits per heavy atom. The van der Waals surface area contributed by atoms with Gasteiger partial charge in [0.25, 0.3) is 0 Å². The van der Waals surface area contributed by atoms with E-state index in [1.54, 1.807) is 0 Å². The average molecular weight is 306 g/mol. The van der Waals surface area contributed by atoms with Gasteiger partial charge in [-0.15, -0.1) is 0 Å². The molecular formula is C10H10Br2O. The maximum Gasteiger partial charge on any atom is 0.138 e. The van der Waals surface area contributed by atoms with Crippen molar-refractivity contribution >= 4 is 31.9 Å². The Hall–Kier alpha value is -0.0200. The first-order valence-electron chi connectivity index (χ1n) is 4.14. The summed E-state index contributed by atoms with van der Waals surface area (Å²) >= 11 is 7.13. The van der Waals surface area contributed by atoms with E-state index in [4.69, 9.17) is 4.74 Å². The van der Waals surface area contributed by atoms with Crippen LogP contribution in [0.25, 0.3) is 0 Å². The van der Waals surface area contributed by atoms with Crippen LogP contribution in [-0.2, 0) is 0 Å². The predicted octanol–water partition coefficient (Wildman–Crippen LogP) is 4.06. The molecular weight excluding hydrogens is 296 g/mol.